The maximum absolute atomic E-state index is 6.67. The van der Waals surface area contributed by atoms with E-state index in [-0.39, 0.29) is 10.8 Å². The van der Waals surface area contributed by atoms with E-state index in [2.05, 4.69) is 196 Å². The van der Waals surface area contributed by atoms with Crippen molar-refractivity contribution in [3.05, 3.63) is 179 Å². The Morgan fingerprint density at radius 3 is 1.92 bits per heavy atom. The van der Waals surface area contributed by atoms with Crippen LogP contribution in [0.15, 0.2) is 152 Å². The second-order valence-electron chi connectivity index (χ2n) is 15.5. The lowest BCUT2D eigenvalue weighted by Gasteiger charge is -2.46. The van der Waals surface area contributed by atoms with E-state index < -0.39 is 0 Å². The van der Waals surface area contributed by atoms with Crippen LogP contribution in [0.2, 0.25) is 0 Å². The van der Waals surface area contributed by atoms with E-state index in [9.17, 15) is 0 Å². The van der Waals surface area contributed by atoms with Crippen molar-refractivity contribution in [2.45, 2.75) is 45.4 Å². The maximum atomic E-state index is 6.67. The third-order valence-electron chi connectivity index (χ3n) is 11.7. The number of rotatable bonds is 4. The molecule has 0 spiro atoms. The zero-order valence-electron chi connectivity index (χ0n) is 30.2. The number of hydrogen-bond donors (Lipinski definition) is 0. The standard InChI is InChI=1S/C49H40N2O/c1-31-14-13-21-43-46(31)51-42-20-12-11-19-40(42)49(4,5)45-36(28-29-44(52-43)47(45)51)32-22-24-34(25-23-32)50(33-15-7-6-8-16-33)35-26-27-38-37-17-9-10-18-39(37)48(2,3)41(38)30-35/h6-30H,1-5H3. The van der Waals surface area contributed by atoms with Crippen molar-refractivity contribution in [2.24, 2.45) is 0 Å². The van der Waals surface area contributed by atoms with Gasteiger partial charge in [0, 0.05) is 27.9 Å². The zero-order valence-corrected chi connectivity index (χ0v) is 30.2. The molecule has 0 aromatic heterocycles. The van der Waals surface area contributed by atoms with Crippen molar-refractivity contribution >= 4 is 34.1 Å². The van der Waals surface area contributed by atoms with Gasteiger partial charge in [-0.05, 0) is 112 Å². The highest BCUT2D eigenvalue weighted by atomic mass is 16.5. The maximum Gasteiger partial charge on any atom is 0.151 e. The summed E-state index contributed by atoms with van der Waals surface area (Å²) in [6.45, 7) is 11.6. The molecule has 0 radical (unpaired) electrons. The normalized spacial score (nSPS) is 15.1. The Morgan fingerprint density at radius 1 is 0.481 bits per heavy atom. The first-order chi connectivity index (χ1) is 25.2. The predicted octanol–water partition coefficient (Wildman–Crippen LogP) is 13.7. The summed E-state index contributed by atoms with van der Waals surface area (Å²) in [5.74, 6) is 1.79. The Morgan fingerprint density at radius 2 is 1.12 bits per heavy atom. The molecular formula is C49H40N2O. The summed E-state index contributed by atoms with van der Waals surface area (Å²) in [4.78, 5) is 4.83. The van der Waals surface area contributed by atoms with E-state index in [0.717, 1.165) is 39.9 Å². The van der Waals surface area contributed by atoms with E-state index >= 15 is 0 Å². The number of hydrogen-bond acceptors (Lipinski definition) is 3. The van der Waals surface area contributed by atoms with Crippen LogP contribution in [0.25, 0.3) is 22.3 Å². The third kappa shape index (κ3) is 4.26. The molecule has 3 aliphatic rings. The van der Waals surface area contributed by atoms with Gasteiger partial charge in [0.05, 0.1) is 17.1 Å². The van der Waals surface area contributed by atoms with Crippen molar-refractivity contribution < 1.29 is 4.74 Å². The van der Waals surface area contributed by atoms with Gasteiger partial charge in [-0.15, -0.1) is 0 Å². The Bertz CT molecular complexity index is 2560. The molecule has 3 heteroatoms. The van der Waals surface area contributed by atoms with Gasteiger partial charge in [0.2, 0.25) is 0 Å². The van der Waals surface area contributed by atoms with Gasteiger partial charge in [-0.25, -0.2) is 0 Å². The monoisotopic (exact) mass is 672 g/mol. The predicted molar refractivity (Wildman–Crippen MR) is 216 cm³/mol. The fraction of sp³-hybridized carbons (Fsp3) is 0.143. The van der Waals surface area contributed by atoms with Crippen LogP contribution in [0.4, 0.5) is 34.1 Å². The summed E-state index contributed by atoms with van der Waals surface area (Å²) in [6, 6.07) is 55.3. The minimum Gasteiger partial charge on any atom is -0.453 e. The Labute approximate surface area is 306 Å². The van der Waals surface area contributed by atoms with Gasteiger partial charge in [0.25, 0.3) is 0 Å². The number of anilines is 6. The molecule has 2 aliphatic heterocycles. The SMILES string of the molecule is Cc1cccc2c1N1c3ccccc3C(C)(C)c3c(-c4ccc(N(c5ccccc5)c5ccc6c(c5)C(C)(C)c5ccccc5-6)cc4)ccc(c31)O2. The number of fused-ring (bicyclic) bond motifs is 7. The number of aryl methyl sites for hydroxylation is 1. The fourth-order valence-electron chi connectivity index (χ4n) is 9.20. The lowest BCUT2D eigenvalue weighted by Crippen LogP contribution is -2.33. The fourth-order valence-corrected chi connectivity index (χ4v) is 9.20. The average Bonchev–Trinajstić information content (AvgIpc) is 3.39. The first kappa shape index (κ1) is 30.7. The second kappa shape index (κ2) is 11.0. The van der Waals surface area contributed by atoms with E-state index in [0.29, 0.717) is 0 Å². The lowest BCUT2D eigenvalue weighted by molar-refractivity contribution is 0.471. The van der Waals surface area contributed by atoms with E-state index in [1.54, 1.807) is 0 Å². The van der Waals surface area contributed by atoms with Gasteiger partial charge < -0.3 is 14.5 Å². The number of para-hydroxylation sites is 3. The smallest absolute Gasteiger partial charge is 0.151 e. The first-order valence-electron chi connectivity index (χ1n) is 18.3. The number of benzene rings is 7. The molecular weight excluding hydrogens is 633 g/mol. The summed E-state index contributed by atoms with van der Waals surface area (Å²) in [7, 11) is 0. The van der Waals surface area contributed by atoms with Crippen molar-refractivity contribution in [1.29, 1.82) is 0 Å². The van der Waals surface area contributed by atoms with Crippen molar-refractivity contribution in [1.82, 2.24) is 0 Å². The quantitative estimate of drug-likeness (QED) is 0.185. The van der Waals surface area contributed by atoms with Crippen LogP contribution in [0.3, 0.4) is 0 Å². The molecule has 0 atom stereocenters. The van der Waals surface area contributed by atoms with E-state index in [1.807, 2.05) is 0 Å². The van der Waals surface area contributed by atoms with Gasteiger partial charge in [0.1, 0.15) is 0 Å². The van der Waals surface area contributed by atoms with Gasteiger partial charge in [-0.1, -0.05) is 125 Å². The molecule has 1 aliphatic carbocycles. The first-order valence-corrected chi connectivity index (χ1v) is 18.3. The Kier molecular flexibility index (Phi) is 6.48. The van der Waals surface area contributed by atoms with Crippen LogP contribution < -0.4 is 14.5 Å². The molecule has 0 saturated heterocycles. The molecule has 0 fully saturated rings. The topological polar surface area (TPSA) is 15.7 Å². The van der Waals surface area contributed by atoms with Gasteiger partial charge >= 0.3 is 0 Å². The van der Waals surface area contributed by atoms with E-state index in [4.69, 9.17) is 4.74 Å². The third-order valence-corrected chi connectivity index (χ3v) is 11.7. The van der Waals surface area contributed by atoms with Crippen LogP contribution in [0, 0.1) is 6.92 Å². The molecule has 252 valence electrons. The number of ether oxygens (including phenoxy) is 1. The van der Waals surface area contributed by atoms with Crippen molar-refractivity contribution in [3.8, 4) is 33.8 Å². The van der Waals surface area contributed by atoms with E-state index in [1.165, 1.54) is 55.8 Å². The summed E-state index contributed by atoms with van der Waals surface area (Å²) in [6.07, 6.45) is 0. The molecule has 0 unspecified atom stereocenters. The van der Waals surface area contributed by atoms with Crippen molar-refractivity contribution in [3.63, 3.8) is 0 Å². The van der Waals surface area contributed by atoms with Crippen molar-refractivity contribution in [2.75, 3.05) is 9.80 Å². The molecule has 0 bridgehead atoms. The second-order valence-corrected chi connectivity index (χ2v) is 15.5. The summed E-state index contributed by atoms with van der Waals surface area (Å²) < 4.78 is 6.67. The summed E-state index contributed by atoms with van der Waals surface area (Å²) in [5.41, 5.74) is 18.1. The minimum absolute atomic E-state index is 0.0793. The highest BCUT2D eigenvalue weighted by molar-refractivity contribution is 5.97. The molecule has 0 amide bonds. The van der Waals surface area contributed by atoms with Crippen LogP contribution in [0.1, 0.15) is 55.5 Å². The van der Waals surface area contributed by atoms with Gasteiger partial charge in [-0.3, -0.25) is 0 Å². The molecule has 52 heavy (non-hydrogen) atoms. The van der Waals surface area contributed by atoms with Crippen LogP contribution in [-0.2, 0) is 10.8 Å². The molecule has 0 N–H and O–H groups in total. The zero-order chi connectivity index (χ0) is 35.4. The highest BCUT2D eigenvalue weighted by Crippen LogP contribution is 2.62. The lowest BCUT2D eigenvalue weighted by atomic mass is 9.70. The summed E-state index contributed by atoms with van der Waals surface area (Å²) in [5, 5.41) is 0. The number of nitrogens with zero attached hydrogens (tertiary/aromatic N) is 2. The minimum atomic E-state index is -0.263. The molecule has 3 nitrogen and oxygen atoms in total. The highest BCUT2D eigenvalue weighted by Gasteiger charge is 2.43. The Hall–Kier alpha value is -6.06. The van der Waals surface area contributed by atoms with Gasteiger partial charge in [-0.2, -0.15) is 0 Å². The Balaban J connectivity index is 1.11. The largest absolute Gasteiger partial charge is 0.453 e. The summed E-state index contributed by atoms with van der Waals surface area (Å²) >= 11 is 0. The molecule has 7 aromatic rings. The molecule has 7 aromatic carbocycles. The molecule has 2 heterocycles. The van der Waals surface area contributed by atoms with Crippen LogP contribution >= 0.6 is 0 Å². The van der Waals surface area contributed by atoms with Crippen LogP contribution in [-0.4, -0.2) is 0 Å². The molecule has 0 saturated carbocycles. The van der Waals surface area contributed by atoms with Crippen LogP contribution in [0.5, 0.6) is 11.5 Å². The van der Waals surface area contributed by atoms with Gasteiger partial charge in [0.15, 0.2) is 11.5 Å². The average molecular weight is 673 g/mol. The molecule has 10 rings (SSSR count).